The second-order valence-electron chi connectivity index (χ2n) is 10.9. The van der Waals surface area contributed by atoms with E-state index in [-0.39, 0.29) is 11.5 Å². The zero-order valence-corrected chi connectivity index (χ0v) is 21.7. The highest BCUT2D eigenvalue weighted by Crippen LogP contribution is 2.36. The molecule has 5 heteroatoms. The van der Waals surface area contributed by atoms with Crippen molar-refractivity contribution in [2.75, 3.05) is 13.1 Å². The first-order valence-corrected chi connectivity index (χ1v) is 12.4. The minimum absolute atomic E-state index is 0.245. The maximum atomic E-state index is 12.5. The predicted octanol–water partition coefficient (Wildman–Crippen LogP) is 6.95. The molecular weight excluding hydrogens is 434 g/mol. The van der Waals surface area contributed by atoms with Crippen molar-refractivity contribution >= 4 is 22.6 Å². The lowest BCUT2D eigenvalue weighted by Crippen LogP contribution is -2.39. The number of aromatic nitrogens is 1. The van der Waals surface area contributed by atoms with Gasteiger partial charge in [0, 0.05) is 29.7 Å². The molecule has 0 saturated carbocycles. The van der Waals surface area contributed by atoms with Crippen molar-refractivity contribution in [3.8, 4) is 6.07 Å². The number of hydrogen-bond acceptors (Lipinski definition) is 3. The molecule has 0 aliphatic carbocycles. The number of hydrogen-bond donors (Lipinski definition) is 1. The third kappa shape index (κ3) is 5.12. The van der Waals surface area contributed by atoms with Gasteiger partial charge in [0.15, 0.2) is 0 Å². The molecule has 0 fully saturated rings. The van der Waals surface area contributed by atoms with Crippen LogP contribution in [0.5, 0.6) is 0 Å². The van der Waals surface area contributed by atoms with E-state index in [0.717, 1.165) is 29.4 Å². The van der Waals surface area contributed by atoms with E-state index in [1.807, 2.05) is 39.0 Å². The molecule has 0 saturated heterocycles. The Labute approximate surface area is 208 Å². The summed E-state index contributed by atoms with van der Waals surface area (Å²) in [6.07, 6.45) is 3.67. The van der Waals surface area contributed by atoms with Gasteiger partial charge in [0.2, 0.25) is 0 Å². The number of carbonyl (C=O) groups is 1. The van der Waals surface area contributed by atoms with Gasteiger partial charge in [-0.25, -0.2) is 4.79 Å². The van der Waals surface area contributed by atoms with E-state index in [1.165, 1.54) is 22.3 Å². The summed E-state index contributed by atoms with van der Waals surface area (Å²) >= 11 is 0. The lowest BCUT2D eigenvalue weighted by molar-refractivity contribution is 0.0270. The summed E-state index contributed by atoms with van der Waals surface area (Å²) in [6.45, 7) is 13.5. The van der Waals surface area contributed by atoms with E-state index < -0.39 is 5.60 Å². The van der Waals surface area contributed by atoms with Gasteiger partial charge in [0.1, 0.15) is 5.60 Å². The van der Waals surface area contributed by atoms with Crippen LogP contribution < -0.4 is 0 Å². The molecule has 1 aliphatic heterocycles. The Morgan fingerprint density at radius 3 is 2.51 bits per heavy atom. The summed E-state index contributed by atoms with van der Waals surface area (Å²) in [4.78, 5) is 17.8. The molecule has 1 N–H and O–H groups in total. The smallest absolute Gasteiger partial charge is 0.410 e. The molecule has 5 nitrogen and oxygen atoms in total. The first-order chi connectivity index (χ1) is 16.5. The van der Waals surface area contributed by atoms with Gasteiger partial charge in [0.25, 0.3) is 0 Å². The highest BCUT2D eigenvalue weighted by Gasteiger charge is 2.28. The number of nitriles is 1. The van der Waals surface area contributed by atoms with Crippen LogP contribution in [0.3, 0.4) is 0 Å². The van der Waals surface area contributed by atoms with Gasteiger partial charge >= 0.3 is 6.09 Å². The number of rotatable bonds is 4. The van der Waals surface area contributed by atoms with E-state index in [0.29, 0.717) is 18.7 Å². The molecule has 2 heterocycles. The van der Waals surface area contributed by atoms with Gasteiger partial charge in [-0.15, -0.1) is 0 Å². The molecule has 0 spiro atoms. The molecule has 3 aromatic rings. The van der Waals surface area contributed by atoms with E-state index in [1.54, 1.807) is 4.90 Å². The maximum absolute atomic E-state index is 12.5. The fourth-order valence-electron chi connectivity index (χ4n) is 4.67. The van der Waals surface area contributed by atoms with Gasteiger partial charge < -0.3 is 14.6 Å². The molecule has 1 amide bonds. The fourth-order valence-corrected chi connectivity index (χ4v) is 4.67. The van der Waals surface area contributed by atoms with Crippen molar-refractivity contribution in [1.82, 2.24) is 9.88 Å². The van der Waals surface area contributed by atoms with Crippen molar-refractivity contribution in [2.24, 2.45) is 0 Å². The van der Waals surface area contributed by atoms with Crippen molar-refractivity contribution in [3.05, 3.63) is 76.5 Å². The molecule has 35 heavy (non-hydrogen) atoms. The van der Waals surface area contributed by atoms with Crippen LogP contribution in [0.2, 0.25) is 0 Å². The van der Waals surface area contributed by atoms with Crippen molar-refractivity contribution in [2.45, 2.75) is 65.4 Å². The van der Waals surface area contributed by atoms with Crippen LogP contribution >= 0.6 is 0 Å². The molecule has 1 aliphatic rings. The Balaban J connectivity index is 1.64. The average Bonchev–Trinajstić information content (AvgIpc) is 3.27. The number of nitrogens with zero attached hydrogens (tertiary/aromatic N) is 2. The maximum Gasteiger partial charge on any atom is 0.410 e. The zero-order chi connectivity index (χ0) is 25.4. The second kappa shape index (κ2) is 9.26. The van der Waals surface area contributed by atoms with Gasteiger partial charge in [-0.05, 0) is 79.5 Å². The lowest BCUT2D eigenvalue weighted by Gasteiger charge is -2.31. The van der Waals surface area contributed by atoms with Gasteiger partial charge in [0.05, 0.1) is 11.6 Å². The molecule has 182 valence electrons. The van der Waals surface area contributed by atoms with Crippen LogP contribution in [0.1, 0.15) is 75.9 Å². The Kier molecular flexibility index (Phi) is 6.51. The van der Waals surface area contributed by atoms with E-state index >= 15 is 0 Å². The molecular formula is C30H35N3O2. The third-order valence-corrected chi connectivity index (χ3v) is 6.84. The van der Waals surface area contributed by atoms with Gasteiger partial charge in [-0.2, -0.15) is 5.26 Å². The average molecular weight is 470 g/mol. The topological polar surface area (TPSA) is 69.1 Å². The van der Waals surface area contributed by atoms with Crippen molar-refractivity contribution in [3.63, 3.8) is 0 Å². The molecule has 1 aromatic heterocycles. The first-order valence-electron chi connectivity index (χ1n) is 12.4. The first kappa shape index (κ1) is 24.6. The number of aryl methyl sites for hydroxylation is 1. The SMILES string of the molecule is CCc1ccc(C(C)(C)c2cc3ccc(C#N)cc3[nH]2)cc1C1=CCN(C(=O)OC(C)(C)C)CC1. The minimum atomic E-state index is -0.491. The van der Waals surface area contributed by atoms with Gasteiger partial charge in [-0.1, -0.05) is 51.1 Å². The molecule has 2 aromatic carbocycles. The summed E-state index contributed by atoms with van der Waals surface area (Å²) < 4.78 is 5.55. The molecule has 0 atom stereocenters. The Bertz CT molecular complexity index is 1330. The molecule has 0 unspecified atom stereocenters. The third-order valence-electron chi connectivity index (χ3n) is 6.84. The van der Waals surface area contributed by atoms with Crippen LogP contribution in [0, 0.1) is 11.3 Å². The zero-order valence-electron chi connectivity index (χ0n) is 21.7. The quantitative estimate of drug-likeness (QED) is 0.449. The monoisotopic (exact) mass is 469 g/mol. The highest BCUT2D eigenvalue weighted by molar-refractivity contribution is 5.82. The summed E-state index contributed by atoms with van der Waals surface area (Å²) in [7, 11) is 0. The minimum Gasteiger partial charge on any atom is -0.444 e. The number of carbonyl (C=O) groups excluding carboxylic acids is 1. The number of amides is 1. The largest absolute Gasteiger partial charge is 0.444 e. The Morgan fingerprint density at radius 2 is 1.89 bits per heavy atom. The Hall–Kier alpha value is -3.52. The van der Waals surface area contributed by atoms with Crippen molar-refractivity contribution in [1.29, 1.82) is 5.26 Å². The van der Waals surface area contributed by atoms with Crippen LogP contribution in [0.4, 0.5) is 4.79 Å². The van der Waals surface area contributed by atoms with E-state index in [9.17, 15) is 10.1 Å². The predicted molar refractivity (Wildman–Crippen MR) is 141 cm³/mol. The fraction of sp³-hybridized carbons (Fsp3) is 0.400. The lowest BCUT2D eigenvalue weighted by atomic mass is 9.79. The number of aromatic amines is 1. The van der Waals surface area contributed by atoms with E-state index in [2.05, 4.69) is 62.2 Å². The van der Waals surface area contributed by atoms with Crippen LogP contribution in [-0.2, 0) is 16.6 Å². The van der Waals surface area contributed by atoms with Crippen LogP contribution in [0.15, 0.2) is 48.5 Å². The van der Waals surface area contributed by atoms with Crippen molar-refractivity contribution < 1.29 is 9.53 Å². The summed E-state index contributed by atoms with van der Waals surface area (Å²) in [6, 6.07) is 17.0. The Morgan fingerprint density at radius 1 is 1.11 bits per heavy atom. The summed E-state index contributed by atoms with van der Waals surface area (Å²) in [5.41, 5.74) is 7.12. The summed E-state index contributed by atoms with van der Waals surface area (Å²) in [5, 5.41) is 10.4. The van der Waals surface area contributed by atoms with Crippen LogP contribution in [-0.4, -0.2) is 34.7 Å². The second-order valence-corrected chi connectivity index (χ2v) is 10.9. The normalized spacial score (nSPS) is 14.5. The standard InChI is InChI=1S/C30H35N3O2/c1-7-21-10-11-24(30(5,6)27-17-23-9-8-20(19-31)16-26(23)32-27)18-25(21)22-12-14-33(15-13-22)28(34)35-29(2,3)4/h8-12,16-18,32H,7,13-15H2,1-6H3. The summed E-state index contributed by atoms with van der Waals surface area (Å²) in [5.74, 6) is 0. The molecule has 0 bridgehead atoms. The number of benzene rings is 2. The molecule has 0 radical (unpaired) electrons. The number of ether oxygens (including phenoxy) is 1. The van der Waals surface area contributed by atoms with E-state index in [4.69, 9.17) is 4.74 Å². The molecule has 4 rings (SSSR count). The van der Waals surface area contributed by atoms with Crippen LogP contribution in [0.25, 0.3) is 16.5 Å². The number of fused-ring (bicyclic) bond motifs is 1. The van der Waals surface area contributed by atoms with Gasteiger partial charge in [-0.3, -0.25) is 0 Å². The number of nitrogens with one attached hydrogen (secondary N) is 1. The highest BCUT2D eigenvalue weighted by atomic mass is 16.6. The number of H-pyrrole nitrogens is 1.